The molecule has 0 aliphatic carbocycles. The van der Waals surface area contributed by atoms with Crippen molar-refractivity contribution in [2.45, 2.75) is 51.9 Å². The van der Waals surface area contributed by atoms with E-state index in [2.05, 4.69) is 41.7 Å². The lowest BCUT2D eigenvalue weighted by atomic mass is 9.93. The summed E-state index contributed by atoms with van der Waals surface area (Å²) in [6.45, 7) is 5.87. The predicted molar refractivity (Wildman–Crippen MR) is 87.7 cm³/mol. The van der Waals surface area contributed by atoms with E-state index in [0.717, 1.165) is 25.1 Å². The Morgan fingerprint density at radius 3 is 3.05 bits per heavy atom. The standard InChI is InChI=1S/C16H22N4OS/c1-3-20-10-12(8-18-20)16-14(6-7-15(21)19-16)17-9-13-5-4-11(2)22-13/h4-5,8,10,14,16-17H,3,6-7,9H2,1-2H3,(H,19,21)/t14-,16+/m1/s1. The van der Waals surface area contributed by atoms with Crippen LogP contribution in [0, 0.1) is 6.92 Å². The molecule has 0 bridgehead atoms. The van der Waals surface area contributed by atoms with Crippen molar-refractivity contribution in [3.8, 4) is 0 Å². The lowest BCUT2D eigenvalue weighted by Crippen LogP contribution is -2.48. The molecule has 3 rings (SSSR count). The number of amides is 1. The summed E-state index contributed by atoms with van der Waals surface area (Å²) in [5.41, 5.74) is 1.08. The molecule has 2 aromatic heterocycles. The lowest BCUT2D eigenvalue weighted by Gasteiger charge is -2.32. The van der Waals surface area contributed by atoms with Crippen LogP contribution in [0.1, 0.15) is 41.1 Å². The van der Waals surface area contributed by atoms with Crippen LogP contribution in [0.4, 0.5) is 0 Å². The van der Waals surface area contributed by atoms with Crippen LogP contribution in [0.3, 0.4) is 0 Å². The van der Waals surface area contributed by atoms with E-state index in [-0.39, 0.29) is 18.0 Å². The number of piperidine rings is 1. The van der Waals surface area contributed by atoms with Gasteiger partial charge in [-0.2, -0.15) is 5.10 Å². The van der Waals surface area contributed by atoms with Gasteiger partial charge in [-0.05, 0) is 32.4 Å². The summed E-state index contributed by atoms with van der Waals surface area (Å²) in [6, 6.07) is 4.56. The number of nitrogens with one attached hydrogen (secondary N) is 2. The molecule has 3 heterocycles. The molecule has 2 N–H and O–H groups in total. The molecule has 1 aliphatic rings. The quantitative estimate of drug-likeness (QED) is 0.890. The Hall–Kier alpha value is -1.66. The van der Waals surface area contributed by atoms with Gasteiger partial charge < -0.3 is 10.6 Å². The molecule has 118 valence electrons. The zero-order valence-corrected chi connectivity index (χ0v) is 13.8. The van der Waals surface area contributed by atoms with Gasteiger partial charge in [0.2, 0.25) is 5.91 Å². The van der Waals surface area contributed by atoms with Crippen molar-refractivity contribution in [3.05, 3.63) is 39.8 Å². The SMILES string of the molecule is CCn1cc([C@@H]2NC(=O)CC[C@H]2NCc2ccc(C)s2)cn1. The Morgan fingerprint density at radius 1 is 1.50 bits per heavy atom. The topological polar surface area (TPSA) is 59.0 Å². The van der Waals surface area contributed by atoms with Crippen LogP contribution in [0.2, 0.25) is 0 Å². The summed E-state index contributed by atoms with van der Waals surface area (Å²) in [7, 11) is 0. The van der Waals surface area contributed by atoms with Crippen molar-refractivity contribution in [1.82, 2.24) is 20.4 Å². The van der Waals surface area contributed by atoms with E-state index >= 15 is 0 Å². The first kappa shape index (κ1) is 15.2. The highest BCUT2D eigenvalue weighted by Gasteiger charge is 2.30. The third-order valence-corrected chi connectivity index (χ3v) is 5.07. The van der Waals surface area contributed by atoms with Crippen LogP contribution in [0.5, 0.6) is 0 Å². The van der Waals surface area contributed by atoms with Crippen LogP contribution >= 0.6 is 11.3 Å². The van der Waals surface area contributed by atoms with Crippen LogP contribution in [-0.2, 0) is 17.9 Å². The first-order chi connectivity index (χ1) is 10.7. The van der Waals surface area contributed by atoms with E-state index < -0.39 is 0 Å². The van der Waals surface area contributed by atoms with Crippen molar-refractivity contribution in [3.63, 3.8) is 0 Å². The van der Waals surface area contributed by atoms with E-state index in [1.165, 1.54) is 9.75 Å². The number of aromatic nitrogens is 2. The van der Waals surface area contributed by atoms with Crippen LogP contribution < -0.4 is 10.6 Å². The molecule has 0 aromatic carbocycles. The third-order valence-electron chi connectivity index (χ3n) is 4.07. The number of nitrogens with zero attached hydrogens (tertiary/aromatic N) is 2. The molecule has 6 heteroatoms. The maximum absolute atomic E-state index is 11.8. The van der Waals surface area contributed by atoms with Gasteiger partial charge in [0, 0.05) is 47.1 Å². The number of hydrogen-bond acceptors (Lipinski definition) is 4. The summed E-state index contributed by atoms with van der Waals surface area (Å²) in [4.78, 5) is 14.4. The van der Waals surface area contributed by atoms with Gasteiger partial charge in [0.15, 0.2) is 0 Å². The van der Waals surface area contributed by atoms with Crippen molar-refractivity contribution in [1.29, 1.82) is 0 Å². The van der Waals surface area contributed by atoms with E-state index in [1.54, 1.807) is 0 Å². The molecular weight excluding hydrogens is 296 g/mol. The smallest absolute Gasteiger partial charge is 0.220 e. The zero-order chi connectivity index (χ0) is 15.5. The summed E-state index contributed by atoms with van der Waals surface area (Å²) in [5, 5.41) is 11.0. The molecule has 1 aliphatic heterocycles. The van der Waals surface area contributed by atoms with E-state index in [4.69, 9.17) is 0 Å². The molecule has 22 heavy (non-hydrogen) atoms. The molecule has 2 atom stereocenters. The second-order valence-corrected chi connectivity index (χ2v) is 7.09. The molecule has 2 aromatic rings. The van der Waals surface area contributed by atoms with E-state index in [1.807, 2.05) is 28.4 Å². The number of rotatable bonds is 5. The first-order valence-electron chi connectivity index (χ1n) is 7.76. The predicted octanol–water partition coefficient (Wildman–Crippen LogP) is 2.38. The number of hydrogen-bond donors (Lipinski definition) is 2. The summed E-state index contributed by atoms with van der Waals surface area (Å²) in [5.74, 6) is 0.124. The Morgan fingerprint density at radius 2 is 2.36 bits per heavy atom. The van der Waals surface area contributed by atoms with Gasteiger partial charge in [0.1, 0.15) is 0 Å². The average molecular weight is 318 g/mol. The minimum absolute atomic E-state index is 0.00242. The molecule has 1 fully saturated rings. The number of aryl methyl sites for hydroxylation is 2. The molecule has 1 saturated heterocycles. The van der Waals surface area contributed by atoms with Gasteiger partial charge in [-0.25, -0.2) is 0 Å². The minimum Gasteiger partial charge on any atom is -0.348 e. The van der Waals surface area contributed by atoms with Gasteiger partial charge in [0.05, 0.1) is 12.2 Å². The normalized spacial score (nSPS) is 21.8. The van der Waals surface area contributed by atoms with Crippen molar-refractivity contribution in [2.75, 3.05) is 0 Å². The fraction of sp³-hybridized carbons (Fsp3) is 0.500. The molecular formula is C16H22N4OS. The Bertz CT molecular complexity index is 648. The van der Waals surface area contributed by atoms with Crippen LogP contribution in [0.15, 0.2) is 24.5 Å². The summed E-state index contributed by atoms with van der Waals surface area (Å²) in [6.07, 6.45) is 5.34. The fourth-order valence-corrected chi connectivity index (χ4v) is 3.70. The molecule has 0 saturated carbocycles. The highest BCUT2D eigenvalue weighted by atomic mass is 32.1. The number of carbonyl (C=O) groups excluding carboxylic acids is 1. The van der Waals surface area contributed by atoms with Crippen LogP contribution in [-0.4, -0.2) is 21.7 Å². The third kappa shape index (κ3) is 3.39. The van der Waals surface area contributed by atoms with Gasteiger partial charge in [0.25, 0.3) is 0 Å². The maximum atomic E-state index is 11.8. The highest BCUT2D eigenvalue weighted by Crippen LogP contribution is 2.25. The molecule has 0 radical (unpaired) electrons. The first-order valence-corrected chi connectivity index (χ1v) is 8.57. The molecule has 5 nitrogen and oxygen atoms in total. The Labute approximate surface area is 134 Å². The maximum Gasteiger partial charge on any atom is 0.220 e. The summed E-state index contributed by atoms with van der Waals surface area (Å²) < 4.78 is 1.90. The van der Waals surface area contributed by atoms with E-state index in [0.29, 0.717) is 6.42 Å². The fourth-order valence-electron chi connectivity index (χ4n) is 2.86. The van der Waals surface area contributed by atoms with Gasteiger partial charge in [-0.3, -0.25) is 9.48 Å². The average Bonchev–Trinajstić information content (AvgIpc) is 3.14. The Kier molecular flexibility index (Phi) is 4.59. The van der Waals surface area contributed by atoms with Gasteiger partial charge in [-0.15, -0.1) is 11.3 Å². The number of carbonyl (C=O) groups is 1. The van der Waals surface area contributed by atoms with Crippen molar-refractivity contribution < 1.29 is 4.79 Å². The van der Waals surface area contributed by atoms with Gasteiger partial charge in [-0.1, -0.05) is 0 Å². The molecule has 0 unspecified atom stereocenters. The van der Waals surface area contributed by atoms with Crippen molar-refractivity contribution in [2.24, 2.45) is 0 Å². The van der Waals surface area contributed by atoms with Crippen molar-refractivity contribution >= 4 is 17.2 Å². The van der Waals surface area contributed by atoms with Crippen LogP contribution in [0.25, 0.3) is 0 Å². The van der Waals surface area contributed by atoms with E-state index in [9.17, 15) is 4.79 Å². The second kappa shape index (κ2) is 6.62. The molecule has 1 amide bonds. The largest absolute Gasteiger partial charge is 0.348 e. The number of thiophene rings is 1. The van der Waals surface area contributed by atoms with Gasteiger partial charge >= 0.3 is 0 Å². The minimum atomic E-state index is 0.00242. The summed E-state index contributed by atoms with van der Waals surface area (Å²) >= 11 is 1.82. The second-order valence-electron chi connectivity index (χ2n) is 5.71. The highest BCUT2D eigenvalue weighted by molar-refractivity contribution is 7.11. The molecule has 0 spiro atoms. The Balaban J connectivity index is 1.70. The zero-order valence-electron chi connectivity index (χ0n) is 13.0. The monoisotopic (exact) mass is 318 g/mol. The lowest BCUT2D eigenvalue weighted by molar-refractivity contribution is -0.123.